The number of nitrogens with zero attached hydrogens (tertiary/aromatic N) is 2. The Balaban J connectivity index is 1.18. The number of hydrogen-bond donors (Lipinski definition) is 0. The van der Waals surface area contributed by atoms with Crippen LogP contribution in [0.1, 0.15) is 55.5 Å². The van der Waals surface area contributed by atoms with Gasteiger partial charge in [0.05, 0.1) is 45.7 Å². The molecule has 226 valence electrons. The second kappa shape index (κ2) is 14.6. The van der Waals surface area contributed by atoms with Crippen molar-refractivity contribution >= 4 is 16.9 Å². The number of likely N-dealkylation sites (tertiary alicyclic amines) is 1. The molecular weight excluding hydrogens is 540 g/mol. The Morgan fingerprint density at radius 1 is 0.814 bits per heavy atom. The van der Waals surface area contributed by atoms with Gasteiger partial charge in [0.2, 0.25) is 0 Å². The first-order valence-corrected chi connectivity index (χ1v) is 15.1. The highest BCUT2D eigenvalue weighted by atomic mass is 16.6. The van der Waals surface area contributed by atoms with Gasteiger partial charge in [-0.05, 0) is 66.8 Å². The van der Waals surface area contributed by atoms with E-state index in [-0.39, 0.29) is 18.1 Å². The fourth-order valence-corrected chi connectivity index (χ4v) is 5.26. The largest absolute Gasteiger partial charge is 0.444 e. The molecule has 0 aliphatic carbocycles. The molecule has 1 amide bonds. The number of piperidine rings is 1. The molecule has 2 heterocycles. The molecule has 2 atom stereocenters. The third-order valence-electron chi connectivity index (χ3n) is 7.47. The lowest BCUT2D eigenvalue weighted by molar-refractivity contribution is -0.0366. The Hall–Kier alpha value is -3.78. The molecule has 0 bridgehead atoms. The highest BCUT2D eigenvalue weighted by Gasteiger charge is 2.35. The number of benzene rings is 3. The van der Waals surface area contributed by atoms with Gasteiger partial charge in [-0.1, -0.05) is 72.8 Å². The Bertz CT molecular complexity index is 1450. The molecule has 3 aromatic carbocycles. The van der Waals surface area contributed by atoms with Crippen molar-refractivity contribution in [3.05, 3.63) is 114 Å². The van der Waals surface area contributed by atoms with Crippen molar-refractivity contribution in [3.63, 3.8) is 0 Å². The van der Waals surface area contributed by atoms with Crippen LogP contribution in [0.5, 0.6) is 0 Å². The molecule has 1 fully saturated rings. The predicted molar refractivity (Wildman–Crippen MR) is 168 cm³/mol. The Morgan fingerprint density at radius 2 is 1.51 bits per heavy atom. The predicted octanol–water partition coefficient (Wildman–Crippen LogP) is 7.28. The van der Waals surface area contributed by atoms with Crippen molar-refractivity contribution in [2.45, 2.75) is 64.6 Å². The fraction of sp³-hybridized carbons (Fsp3) is 0.389. The molecule has 1 aliphatic rings. The van der Waals surface area contributed by atoms with Crippen molar-refractivity contribution < 1.29 is 23.7 Å². The van der Waals surface area contributed by atoms with Crippen LogP contribution < -0.4 is 0 Å². The van der Waals surface area contributed by atoms with E-state index in [2.05, 4.69) is 54.6 Å². The maximum absolute atomic E-state index is 12.9. The maximum atomic E-state index is 12.9. The topological polar surface area (TPSA) is 70.1 Å². The van der Waals surface area contributed by atoms with Crippen molar-refractivity contribution in [3.8, 4) is 0 Å². The number of rotatable bonds is 11. The highest BCUT2D eigenvalue weighted by Crippen LogP contribution is 2.31. The van der Waals surface area contributed by atoms with Crippen LogP contribution in [-0.2, 0) is 38.8 Å². The molecule has 0 saturated carbocycles. The number of carbonyl (C=O) groups is 1. The average Bonchev–Trinajstić information content (AvgIpc) is 3.01. The lowest BCUT2D eigenvalue weighted by Gasteiger charge is -2.38. The van der Waals surface area contributed by atoms with Gasteiger partial charge in [0, 0.05) is 24.4 Å². The van der Waals surface area contributed by atoms with E-state index in [0.29, 0.717) is 46.1 Å². The summed E-state index contributed by atoms with van der Waals surface area (Å²) in [5.41, 5.74) is 3.66. The summed E-state index contributed by atoms with van der Waals surface area (Å²) in [6, 6.07) is 28.9. The third-order valence-corrected chi connectivity index (χ3v) is 7.47. The monoisotopic (exact) mass is 582 g/mol. The Morgan fingerprint density at radius 3 is 2.23 bits per heavy atom. The van der Waals surface area contributed by atoms with Crippen LogP contribution in [0.2, 0.25) is 0 Å². The first-order valence-electron chi connectivity index (χ1n) is 15.1. The lowest BCUT2D eigenvalue weighted by atomic mass is 9.90. The van der Waals surface area contributed by atoms with E-state index in [9.17, 15) is 4.79 Å². The molecule has 1 aliphatic heterocycles. The molecule has 1 aromatic heterocycles. The van der Waals surface area contributed by atoms with Gasteiger partial charge < -0.3 is 23.8 Å². The summed E-state index contributed by atoms with van der Waals surface area (Å²) in [6.07, 6.45) is 2.09. The average molecular weight is 583 g/mol. The number of aromatic nitrogens is 1. The highest BCUT2D eigenvalue weighted by molar-refractivity contribution is 5.82. The molecule has 43 heavy (non-hydrogen) atoms. The van der Waals surface area contributed by atoms with Crippen LogP contribution in [0.25, 0.3) is 10.8 Å². The molecule has 5 rings (SSSR count). The summed E-state index contributed by atoms with van der Waals surface area (Å²) in [6.45, 7) is 9.25. The Labute approximate surface area is 254 Å². The number of ether oxygens (including phenoxy) is 4. The van der Waals surface area contributed by atoms with E-state index >= 15 is 0 Å². The number of hydrogen-bond acceptors (Lipinski definition) is 6. The van der Waals surface area contributed by atoms with Crippen molar-refractivity contribution in [2.24, 2.45) is 0 Å². The molecule has 7 heteroatoms. The van der Waals surface area contributed by atoms with Crippen LogP contribution in [0.4, 0.5) is 4.79 Å². The van der Waals surface area contributed by atoms with E-state index < -0.39 is 5.60 Å². The van der Waals surface area contributed by atoms with Crippen LogP contribution in [0.15, 0.2) is 91.1 Å². The standard InChI is InChI=1S/C36H42N2O5/c1-36(2,3)43-35(39)38-18-17-32(34(23-38)42-26-28-13-15-30-11-7-8-12-31(30)21-28)33-16-14-29(22-37-33)25-41-20-19-40-24-27-9-5-4-6-10-27/h4-16,21-22,32,34H,17-20,23-26H2,1-3H3. The van der Waals surface area contributed by atoms with Gasteiger partial charge in [-0.3, -0.25) is 4.98 Å². The summed E-state index contributed by atoms with van der Waals surface area (Å²) in [7, 11) is 0. The van der Waals surface area contributed by atoms with Crippen molar-refractivity contribution in [1.82, 2.24) is 9.88 Å². The summed E-state index contributed by atoms with van der Waals surface area (Å²) >= 11 is 0. The zero-order chi connectivity index (χ0) is 30.1. The summed E-state index contributed by atoms with van der Waals surface area (Å²) < 4.78 is 23.7. The van der Waals surface area contributed by atoms with Crippen molar-refractivity contribution in [2.75, 3.05) is 26.3 Å². The fourth-order valence-electron chi connectivity index (χ4n) is 5.26. The van der Waals surface area contributed by atoms with E-state index in [0.717, 1.165) is 28.8 Å². The summed E-state index contributed by atoms with van der Waals surface area (Å²) in [5, 5.41) is 2.38. The minimum atomic E-state index is -0.553. The van der Waals surface area contributed by atoms with E-state index in [1.807, 2.05) is 57.3 Å². The number of amides is 1. The second-order valence-electron chi connectivity index (χ2n) is 12.0. The van der Waals surface area contributed by atoms with Crippen LogP contribution >= 0.6 is 0 Å². The van der Waals surface area contributed by atoms with Crippen LogP contribution in [0, 0.1) is 0 Å². The van der Waals surface area contributed by atoms with Gasteiger partial charge >= 0.3 is 6.09 Å². The molecule has 1 saturated heterocycles. The minimum absolute atomic E-state index is 0.0560. The normalized spacial score (nSPS) is 17.2. The van der Waals surface area contributed by atoms with E-state index in [1.165, 1.54) is 10.8 Å². The minimum Gasteiger partial charge on any atom is -0.444 e. The maximum Gasteiger partial charge on any atom is 0.410 e. The molecule has 0 radical (unpaired) electrons. The first-order chi connectivity index (χ1) is 20.8. The van der Waals surface area contributed by atoms with Gasteiger partial charge in [-0.25, -0.2) is 4.79 Å². The molecule has 7 nitrogen and oxygen atoms in total. The molecule has 2 unspecified atom stereocenters. The smallest absolute Gasteiger partial charge is 0.410 e. The van der Waals surface area contributed by atoms with E-state index in [1.54, 1.807) is 4.90 Å². The van der Waals surface area contributed by atoms with Crippen LogP contribution in [0.3, 0.4) is 0 Å². The van der Waals surface area contributed by atoms with Gasteiger partial charge in [-0.15, -0.1) is 0 Å². The zero-order valence-electron chi connectivity index (χ0n) is 25.4. The number of pyridine rings is 1. The van der Waals surface area contributed by atoms with Gasteiger partial charge in [0.15, 0.2) is 0 Å². The van der Waals surface area contributed by atoms with E-state index in [4.69, 9.17) is 23.9 Å². The molecular formula is C36H42N2O5. The molecule has 0 spiro atoms. The Kier molecular flexibility index (Phi) is 10.4. The number of carbonyl (C=O) groups excluding carboxylic acids is 1. The van der Waals surface area contributed by atoms with Gasteiger partial charge in [0.25, 0.3) is 0 Å². The zero-order valence-corrected chi connectivity index (χ0v) is 25.4. The van der Waals surface area contributed by atoms with Gasteiger partial charge in [-0.2, -0.15) is 0 Å². The first kappa shape index (κ1) is 30.7. The van der Waals surface area contributed by atoms with Crippen LogP contribution in [-0.4, -0.2) is 54.0 Å². The SMILES string of the molecule is CC(C)(C)OC(=O)N1CCC(c2ccc(COCCOCc3ccccc3)cn2)C(OCc2ccc3ccccc3c2)C1. The number of fused-ring (bicyclic) bond motifs is 1. The van der Waals surface area contributed by atoms with Crippen molar-refractivity contribution in [1.29, 1.82) is 0 Å². The second-order valence-corrected chi connectivity index (χ2v) is 12.0. The van der Waals surface area contributed by atoms with Gasteiger partial charge in [0.1, 0.15) is 5.60 Å². The molecule has 0 N–H and O–H groups in total. The lowest BCUT2D eigenvalue weighted by Crippen LogP contribution is -2.48. The summed E-state index contributed by atoms with van der Waals surface area (Å²) in [5.74, 6) is 0.0560. The summed E-state index contributed by atoms with van der Waals surface area (Å²) in [4.78, 5) is 19.5. The third kappa shape index (κ3) is 9.10. The molecule has 4 aromatic rings. The quantitative estimate of drug-likeness (QED) is 0.173.